The second-order valence-corrected chi connectivity index (χ2v) is 5.23. The van der Waals surface area contributed by atoms with E-state index < -0.39 is 29.1 Å². The number of rotatable bonds is 6. The average Bonchev–Trinajstić information content (AvgIpc) is 2.62. The molecule has 0 fully saturated rings. The molecule has 0 bridgehead atoms. The minimum Gasteiger partial charge on any atom is -0.506 e. The van der Waals surface area contributed by atoms with Crippen LogP contribution in [0.2, 0.25) is 0 Å². The van der Waals surface area contributed by atoms with E-state index >= 15 is 0 Å². The van der Waals surface area contributed by atoms with Crippen molar-refractivity contribution >= 4 is 23.5 Å². The second-order valence-electron chi connectivity index (χ2n) is 5.23. The minimum absolute atomic E-state index is 0.00680. The van der Waals surface area contributed by atoms with Crippen LogP contribution in [0.1, 0.15) is 29.8 Å². The van der Waals surface area contributed by atoms with E-state index in [1.54, 1.807) is 49.4 Å². The van der Waals surface area contributed by atoms with Crippen molar-refractivity contribution in [1.82, 2.24) is 0 Å². The molecular formula is C20H18O6. The van der Waals surface area contributed by atoms with Crippen LogP contribution in [0.25, 0.3) is 5.76 Å². The van der Waals surface area contributed by atoms with Crippen LogP contribution in [0, 0.1) is 0 Å². The monoisotopic (exact) mass is 354 g/mol. The predicted molar refractivity (Wildman–Crippen MR) is 94.7 cm³/mol. The smallest absolute Gasteiger partial charge is 0.345 e. The van der Waals surface area contributed by atoms with Crippen molar-refractivity contribution in [2.24, 2.45) is 0 Å². The summed E-state index contributed by atoms with van der Waals surface area (Å²) in [5.41, 5.74) is -0.278. The van der Waals surface area contributed by atoms with Crippen molar-refractivity contribution in [3.05, 3.63) is 71.3 Å². The van der Waals surface area contributed by atoms with Crippen LogP contribution in [-0.2, 0) is 14.3 Å². The molecule has 0 atom stereocenters. The average molecular weight is 354 g/mol. The molecule has 0 aliphatic heterocycles. The zero-order valence-electron chi connectivity index (χ0n) is 14.4. The van der Waals surface area contributed by atoms with Crippen molar-refractivity contribution in [2.45, 2.75) is 13.8 Å². The van der Waals surface area contributed by atoms with Gasteiger partial charge in [0.25, 0.3) is 0 Å². The zero-order chi connectivity index (χ0) is 19.1. The van der Waals surface area contributed by atoms with Crippen molar-refractivity contribution in [1.29, 1.82) is 0 Å². The Hall–Kier alpha value is -3.41. The second kappa shape index (κ2) is 8.62. The van der Waals surface area contributed by atoms with E-state index in [1.165, 1.54) is 19.1 Å². The van der Waals surface area contributed by atoms with E-state index in [9.17, 15) is 19.5 Å². The first-order chi connectivity index (χ1) is 12.5. The number of carbonyl (C=O) groups excluding carboxylic acids is 3. The molecule has 2 aromatic carbocycles. The van der Waals surface area contributed by atoms with Crippen LogP contribution < -0.4 is 4.74 Å². The molecule has 0 aromatic heterocycles. The van der Waals surface area contributed by atoms with Gasteiger partial charge in [-0.25, -0.2) is 4.79 Å². The Morgan fingerprint density at radius 2 is 1.58 bits per heavy atom. The van der Waals surface area contributed by atoms with Crippen molar-refractivity contribution < 1.29 is 29.0 Å². The van der Waals surface area contributed by atoms with E-state index in [0.29, 0.717) is 0 Å². The first-order valence-electron chi connectivity index (χ1n) is 7.93. The van der Waals surface area contributed by atoms with Gasteiger partial charge in [0.1, 0.15) is 17.1 Å². The number of para-hydroxylation sites is 1. The number of esters is 2. The number of ketones is 1. The van der Waals surface area contributed by atoms with Crippen LogP contribution in [0.5, 0.6) is 5.75 Å². The van der Waals surface area contributed by atoms with Gasteiger partial charge in [0.2, 0.25) is 5.78 Å². The lowest BCUT2D eigenvalue weighted by atomic mass is 9.98. The largest absolute Gasteiger partial charge is 0.506 e. The van der Waals surface area contributed by atoms with E-state index in [0.717, 1.165) is 0 Å². The summed E-state index contributed by atoms with van der Waals surface area (Å²) in [5.74, 6) is -2.89. The quantitative estimate of drug-likeness (QED) is 0.163. The normalized spacial score (nSPS) is 11.3. The minimum atomic E-state index is -0.962. The molecule has 6 nitrogen and oxygen atoms in total. The molecule has 0 spiro atoms. The fourth-order valence-corrected chi connectivity index (χ4v) is 2.27. The Bertz CT molecular complexity index is 852. The highest BCUT2D eigenvalue weighted by Gasteiger charge is 2.29. The maximum atomic E-state index is 13.0. The molecule has 0 aliphatic carbocycles. The van der Waals surface area contributed by atoms with Crippen LogP contribution in [0.3, 0.4) is 0 Å². The lowest BCUT2D eigenvalue weighted by molar-refractivity contribution is -0.138. The number of carbonyl (C=O) groups is 3. The highest BCUT2D eigenvalue weighted by atomic mass is 16.5. The lowest BCUT2D eigenvalue weighted by Crippen LogP contribution is -2.19. The Morgan fingerprint density at radius 3 is 2.19 bits per heavy atom. The Kier molecular flexibility index (Phi) is 6.27. The van der Waals surface area contributed by atoms with Gasteiger partial charge < -0.3 is 14.6 Å². The van der Waals surface area contributed by atoms with Gasteiger partial charge in [-0.3, -0.25) is 9.59 Å². The molecule has 0 radical (unpaired) electrons. The highest BCUT2D eigenvalue weighted by molar-refractivity contribution is 6.28. The Labute approximate surface area is 150 Å². The number of ether oxygens (including phenoxy) is 2. The summed E-state index contributed by atoms with van der Waals surface area (Å²) < 4.78 is 9.95. The van der Waals surface area contributed by atoms with Crippen LogP contribution in [0.4, 0.5) is 0 Å². The molecule has 6 heteroatoms. The topological polar surface area (TPSA) is 89.9 Å². The summed E-state index contributed by atoms with van der Waals surface area (Å²) in [7, 11) is 0. The fraction of sp³-hybridized carbons (Fsp3) is 0.150. The molecule has 1 N–H and O–H groups in total. The van der Waals surface area contributed by atoms with Crippen molar-refractivity contribution in [3.8, 4) is 5.75 Å². The van der Waals surface area contributed by atoms with E-state index in [-0.39, 0.29) is 23.5 Å². The summed E-state index contributed by atoms with van der Waals surface area (Å²) in [6.45, 7) is 2.82. The molecule has 0 amide bonds. The number of hydrogen-bond donors (Lipinski definition) is 1. The third-order valence-electron chi connectivity index (χ3n) is 3.38. The maximum Gasteiger partial charge on any atom is 0.345 e. The van der Waals surface area contributed by atoms with Gasteiger partial charge in [0.05, 0.1) is 12.2 Å². The number of hydrogen-bond acceptors (Lipinski definition) is 6. The fourth-order valence-electron chi connectivity index (χ4n) is 2.27. The summed E-state index contributed by atoms with van der Waals surface area (Å²) in [6, 6.07) is 14.1. The molecule has 0 saturated carbocycles. The van der Waals surface area contributed by atoms with Gasteiger partial charge in [0, 0.05) is 12.5 Å². The van der Waals surface area contributed by atoms with Crippen molar-refractivity contribution in [3.63, 3.8) is 0 Å². The van der Waals surface area contributed by atoms with Crippen LogP contribution in [0.15, 0.2) is 60.2 Å². The number of benzene rings is 2. The molecule has 26 heavy (non-hydrogen) atoms. The van der Waals surface area contributed by atoms with Gasteiger partial charge in [-0.2, -0.15) is 0 Å². The zero-order valence-corrected chi connectivity index (χ0v) is 14.4. The van der Waals surface area contributed by atoms with E-state index in [2.05, 4.69) is 0 Å². The summed E-state index contributed by atoms with van der Waals surface area (Å²) >= 11 is 0. The Morgan fingerprint density at radius 1 is 0.962 bits per heavy atom. The van der Waals surface area contributed by atoms with Gasteiger partial charge in [-0.15, -0.1) is 0 Å². The first kappa shape index (κ1) is 18.9. The van der Waals surface area contributed by atoms with Crippen LogP contribution >= 0.6 is 0 Å². The number of aliphatic hydroxyl groups excluding tert-OH is 1. The number of aliphatic hydroxyl groups is 1. The summed E-state index contributed by atoms with van der Waals surface area (Å²) in [5, 5.41) is 10.5. The molecule has 134 valence electrons. The molecule has 0 heterocycles. The molecule has 2 aromatic rings. The van der Waals surface area contributed by atoms with Crippen molar-refractivity contribution in [2.75, 3.05) is 6.61 Å². The Balaban J connectivity index is 2.59. The molecule has 2 rings (SSSR count). The molecule has 0 aliphatic rings. The van der Waals surface area contributed by atoms with Crippen LogP contribution in [-0.4, -0.2) is 29.4 Å². The SMILES string of the molecule is CCOC(=O)/C(C(=O)c1ccccc1OC(C)=O)=C(/O)c1ccccc1. The number of Topliss-reactive ketones (excluding diaryl/α,β-unsaturated/α-hetero) is 1. The van der Waals surface area contributed by atoms with Gasteiger partial charge in [-0.1, -0.05) is 42.5 Å². The lowest BCUT2D eigenvalue weighted by Gasteiger charge is -2.12. The third-order valence-corrected chi connectivity index (χ3v) is 3.38. The summed E-state index contributed by atoms with van der Waals surface area (Å²) in [6.07, 6.45) is 0. The molecular weight excluding hydrogens is 336 g/mol. The third kappa shape index (κ3) is 4.36. The van der Waals surface area contributed by atoms with Gasteiger partial charge >= 0.3 is 11.9 Å². The highest BCUT2D eigenvalue weighted by Crippen LogP contribution is 2.26. The maximum absolute atomic E-state index is 13.0. The van der Waals surface area contributed by atoms with E-state index in [1.807, 2.05) is 0 Å². The van der Waals surface area contributed by atoms with Gasteiger partial charge in [0.15, 0.2) is 0 Å². The molecule has 0 saturated heterocycles. The molecule has 0 unspecified atom stereocenters. The summed E-state index contributed by atoms with van der Waals surface area (Å²) in [4.78, 5) is 36.6. The standard InChI is InChI=1S/C20H18O6/c1-3-25-20(24)17(18(22)14-9-5-4-6-10-14)19(23)15-11-7-8-12-16(15)26-13(2)21/h4-12,22H,3H2,1-2H3/b18-17+. The predicted octanol–water partition coefficient (Wildman–Crippen LogP) is 3.33. The first-order valence-corrected chi connectivity index (χ1v) is 7.93. The van der Waals surface area contributed by atoms with E-state index in [4.69, 9.17) is 9.47 Å². The van der Waals surface area contributed by atoms with Gasteiger partial charge in [-0.05, 0) is 19.1 Å².